The first kappa shape index (κ1) is 13.7. The molecule has 1 rings (SSSR count). The number of anilines is 2. The van der Waals surface area contributed by atoms with Crippen molar-refractivity contribution in [2.75, 3.05) is 10.6 Å². The van der Waals surface area contributed by atoms with Gasteiger partial charge in [-0.05, 0) is 33.6 Å². The molecule has 0 aliphatic heterocycles. The van der Waals surface area contributed by atoms with E-state index in [4.69, 9.17) is 0 Å². The fraction of sp³-hybridized carbons (Fsp3) is 0.692. The van der Waals surface area contributed by atoms with E-state index in [2.05, 4.69) is 48.3 Å². The smallest absolute Gasteiger partial charge is 0.132 e. The quantitative estimate of drug-likeness (QED) is 0.796. The molecule has 0 amide bonds. The van der Waals surface area contributed by atoms with Crippen molar-refractivity contribution in [3.63, 3.8) is 0 Å². The van der Waals surface area contributed by atoms with Crippen LogP contribution in [0.15, 0.2) is 6.07 Å². The Balaban J connectivity index is 2.79. The molecule has 1 heterocycles. The van der Waals surface area contributed by atoms with Gasteiger partial charge in [-0.1, -0.05) is 13.8 Å². The third-order valence-corrected chi connectivity index (χ3v) is 2.85. The number of aromatic nitrogens is 2. The minimum absolute atomic E-state index is 0.431. The lowest BCUT2D eigenvalue weighted by Crippen LogP contribution is -2.18. The fourth-order valence-corrected chi connectivity index (χ4v) is 1.42. The van der Waals surface area contributed by atoms with Crippen molar-refractivity contribution >= 4 is 11.6 Å². The summed E-state index contributed by atoms with van der Waals surface area (Å²) >= 11 is 0. The van der Waals surface area contributed by atoms with Crippen molar-refractivity contribution in [1.29, 1.82) is 0 Å². The van der Waals surface area contributed by atoms with Gasteiger partial charge in [0.2, 0.25) is 0 Å². The zero-order chi connectivity index (χ0) is 12.8. The zero-order valence-electron chi connectivity index (χ0n) is 11.5. The lowest BCUT2D eigenvalue weighted by Gasteiger charge is -2.16. The molecule has 96 valence electrons. The summed E-state index contributed by atoms with van der Waals surface area (Å²) in [6.07, 6.45) is 2.16. The molecule has 17 heavy (non-hydrogen) atoms. The largest absolute Gasteiger partial charge is 0.367 e. The molecular formula is C13H24N4. The second-order valence-electron chi connectivity index (χ2n) is 4.59. The van der Waals surface area contributed by atoms with Gasteiger partial charge in [-0.25, -0.2) is 9.97 Å². The van der Waals surface area contributed by atoms with Crippen LogP contribution in [0.1, 0.15) is 46.4 Å². The molecule has 0 radical (unpaired) electrons. The molecule has 0 aliphatic carbocycles. The van der Waals surface area contributed by atoms with Gasteiger partial charge in [0, 0.05) is 18.2 Å². The lowest BCUT2D eigenvalue weighted by atomic mass is 10.2. The third-order valence-electron chi connectivity index (χ3n) is 2.85. The number of nitrogens with zero attached hydrogens (tertiary/aromatic N) is 2. The molecule has 0 fully saturated rings. The molecule has 0 spiro atoms. The molecule has 2 N–H and O–H groups in total. The molecule has 2 atom stereocenters. The summed E-state index contributed by atoms with van der Waals surface area (Å²) in [5.74, 6) is 2.60. The van der Waals surface area contributed by atoms with Crippen molar-refractivity contribution in [1.82, 2.24) is 9.97 Å². The lowest BCUT2D eigenvalue weighted by molar-refractivity contribution is 0.749. The number of hydrogen-bond acceptors (Lipinski definition) is 4. The topological polar surface area (TPSA) is 49.8 Å². The molecule has 2 unspecified atom stereocenters. The van der Waals surface area contributed by atoms with Crippen molar-refractivity contribution in [2.24, 2.45) is 0 Å². The predicted molar refractivity (Wildman–Crippen MR) is 73.5 cm³/mol. The van der Waals surface area contributed by atoms with Crippen molar-refractivity contribution < 1.29 is 0 Å². The molecule has 1 aromatic heterocycles. The Morgan fingerprint density at radius 1 is 1.00 bits per heavy atom. The first-order valence-electron chi connectivity index (χ1n) is 6.43. The monoisotopic (exact) mass is 236 g/mol. The predicted octanol–water partition coefficient (Wildman–Crippen LogP) is 3.21. The highest BCUT2D eigenvalue weighted by atomic mass is 15.1. The first-order chi connectivity index (χ1) is 8.05. The van der Waals surface area contributed by atoms with Crippen LogP contribution in [0.4, 0.5) is 11.6 Å². The average Bonchev–Trinajstić information content (AvgIpc) is 2.27. The van der Waals surface area contributed by atoms with Crippen molar-refractivity contribution in [3.8, 4) is 0 Å². The van der Waals surface area contributed by atoms with E-state index in [1.165, 1.54) is 0 Å². The summed E-state index contributed by atoms with van der Waals surface area (Å²) < 4.78 is 0. The summed E-state index contributed by atoms with van der Waals surface area (Å²) in [4.78, 5) is 8.79. The van der Waals surface area contributed by atoms with E-state index >= 15 is 0 Å². The normalized spacial score (nSPS) is 14.2. The van der Waals surface area contributed by atoms with Crippen molar-refractivity contribution in [2.45, 2.75) is 59.5 Å². The Kier molecular flexibility index (Phi) is 5.19. The van der Waals surface area contributed by atoms with E-state index in [9.17, 15) is 0 Å². The molecule has 4 nitrogen and oxygen atoms in total. The second-order valence-corrected chi connectivity index (χ2v) is 4.59. The van der Waals surface area contributed by atoms with E-state index < -0.39 is 0 Å². The van der Waals surface area contributed by atoms with Gasteiger partial charge in [0.15, 0.2) is 0 Å². The molecule has 0 saturated heterocycles. The van der Waals surface area contributed by atoms with E-state index in [-0.39, 0.29) is 0 Å². The molecule has 4 heteroatoms. The van der Waals surface area contributed by atoms with Crippen LogP contribution in [0.5, 0.6) is 0 Å². The number of nitrogens with one attached hydrogen (secondary N) is 2. The standard InChI is InChI=1S/C13H24N4/c1-6-9(3)14-12-8-13(15-10(4)7-2)17-11(5)16-12/h8-10H,6-7H2,1-5H3,(H2,14,15,16,17). The van der Waals surface area contributed by atoms with Crippen molar-refractivity contribution in [3.05, 3.63) is 11.9 Å². The molecule has 0 bridgehead atoms. The van der Waals surface area contributed by atoms with Crippen LogP contribution in [0.2, 0.25) is 0 Å². The Morgan fingerprint density at radius 2 is 1.41 bits per heavy atom. The highest BCUT2D eigenvalue weighted by Crippen LogP contribution is 2.14. The van der Waals surface area contributed by atoms with Gasteiger partial charge in [0.25, 0.3) is 0 Å². The van der Waals surface area contributed by atoms with E-state index in [0.717, 1.165) is 30.3 Å². The van der Waals surface area contributed by atoms with E-state index in [0.29, 0.717) is 12.1 Å². The van der Waals surface area contributed by atoms with E-state index in [1.807, 2.05) is 13.0 Å². The Hall–Kier alpha value is -1.32. The molecule has 0 aromatic carbocycles. The summed E-state index contributed by atoms with van der Waals surface area (Å²) in [6.45, 7) is 10.5. The minimum Gasteiger partial charge on any atom is -0.367 e. The van der Waals surface area contributed by atoms with Crippen LogP contribution in [-0.2, 0) is 0 Å². The van der Waals surface area contributed by atoms with Gasteiger partial charge in [-0.3, -0.25) is 0 Å². The number of hydrogen-bond donors (Lipinski definition) is 2. The SMILES string of the molecule is CCC(C)Nc1cc(NC(C)CC)nc(C)n1. The Labute approximate surface area is 104 Å². The van der Waals surface area contributed by atoms with Gasteiger partial charge in [-0.2, -0.15) is 0 Å². The minimum atomic E-state index is 0.431. The van der Waals surface area contributed by atoms with Crippen LogP contribution in [-0.4, -0.2) is 22.1 Å². The summed E-state index contributed by atoms with van der Waals surface area (Å²) in [7, 11) is 0. The summed E-state index contributed by atoms with van der Waals surface area (Å²) in [5, 5.41) is 6.75. The second kappa shape index (κ2) is 6.42. The molecule has 0 aliphatic rings. The van der Waals surface area contributed by atoms with Gasteiger partial charge >= 0.3 is 0 Å². The van der Waals surface area contributed by atoms with Crippen LogP contribution in [0, 0.1) is 6.92 Å². The number of rotatable bonds is 6. The third kappa shape index (κ3) is 4.59. The van der Waals surface area contributed by atoms with Crippen LogP contribution in [0.3, 0.4) is 0 Å². The molecule has 0 saturated carbocycles. The maximum absolute atomic E-state index is 4.39. The van der Waals surface area contributed by atoms with Gasteiger partial charge in [-0.15, -0.1) is 0 Å². The summed E-state index contributed by atoms with van der Waals surface area (Å²) in [6, 6.07) is 2.84. The fourth-order valence-electron chi connectivity index (χ4n) is 1.42. The maximum atomic E-state index is 4.39. The Morgan fingerprint density at radius 3 is 1.76 bits per heavy atom. The van der Waals surface area contributed by atoms with Gasteiger partial charge in [0.05, 0.1) is 0 Å². The number of aryl methyl sites for hydroxylation is 1. The highest BCUT2D eigenvalue weighted by Gasteiger charge is 2.06. The first-order valence-corrected chi connectivity index (χ1v) is 6.43. The average molecular weight is 236 g/mol. The van der Waals surface area contributed by atoms with Crippen LogP contribution in [0.25, 0.3) is 0 Å². The van der Waals surface area contributed by atoms with Crippen LogP contribution < -0.4 is 10.6 Å². The highest BCUT2D eigenvalue weighted by molar-refractivity contribution is 5.48. The zero-order valence-corrected chi connectivity index (χ0v) is 11.5. The Bertz CT molecular complexity index is 321. The summed E-state index contributed by atoms with van der Waals surface area (Å²) in [5.41, 5.74) is 0. The maximum Gasteiger partial charge on any atom is 0.132 e. The molecular weight excluding hydrogens is 212 g/mol. The van der Waals surface area contributed by atoms with Gasteiger partial charge in [0.1, 0.15) is 17.5 Å². The van der Waals surface area contributed by atoms with Gasteiger partial charge < -0.3 is 10.6 Å². The van der Waals surface area contributed by atoms with E-state index in [1.54, 1.807) is 0 Å². The molecule has 1 aromatic rings. The van der Waals surface area contributed by atoms with Crippen LogP contribution >= 0.6 is 0 Å².